The largest absolute Gasteiger partial charge is 0.489 e. The summed E-state index contributed by atoms with van der Waals surface area (Å²) in [6.07, 6.45) is 0. The summed E-state index contributed by atoms with van der Waals surface area (Å²) in [6, 6.07) is 14.0. The number of halogens is 1. The Hall–Kier alpha value is -2.24. The lowest BCUT2D eigenvalue weighted by molar-refractivity contribution is -0.116. The summed E-state index contributed by atoms with van der Waals surface area (Å²) < 4.78 is 10.6. The standard InChI is InChI=1S/C18H21ClN2O3/c1-13(18(22)21-15-9-7-14(19)8-10-15)20-16-5-3-4-6-17(16)24-12-11-23-2/h3-10,13,20H,11-12H2,1-2H3,(H,21,22). The molecule has 0 saturated carbocycles. The summed E-state index contributed by atoms with van der Waals surface area (Å²) >= 11 is 5.84. The second kappa shape index (κ2) is 9.15. The Balaban J connectivity index is 1.96. The van der Waals surface area contributed by atoms with Crippen LogP contribution < -0.4 is 15.4 Å². The van der Waals surface area contributed by atoms with Crippen molar-refractivity contribution in [2.45, 2.75) is 13.0 Å². The summed E-state index contributed by atoms with van der Waals surface area (Å²) in [6.45, 7) is 2.73. The third-order valence-corrected chi connectivity index (χ3v) is 3.56. The highest BCUT2D eigenvalue weighted by atomic mass is 35.5. The monoisotopic (exact) mass is 348 g/mol. The molecule has 0 spiro atoms. The Morgan fingerprint density at radius 2 is 1.83 bits per heavy atom. The van der Waals surface area contributed by atoms with Gasteiger partial charge in [0.15, 0.2) is 0 Å². The van der Waals surface area contributed by atoms with Gasteiger partial charge < -0.3 is 20.1 Å². The van der Waals surface area contributed by atoms with E-state index in [0.29, 0.717) is 29.7 Å². The molecule has 0 aliphatic heterocycles. The molecule has 0 aromatic heterocycles. The average molecular weight is 349 g/mol. The van der Waals surface area contributed by atoms with Gasteiger partial charge in [0.25, 0.3) is 0 Å². The van der Waals surface area contributed by atoms with Gasteiger partial charge in [0, 0.05) is 17.8 Å². The molecule has 1 amide bonds. The highest BCUT2D eigenvalue weighted by Gasteiger charge is 2.15. The molecule has 0 aliphatic rings. The van der Waals surface area contributed by atoms with Crippen molar-refractivity contribution in [3.05, 3.63) is 53.6 Å². The lowest BCUT2D eigenvalue weighted by atomic mass is 10.2. The number of carbonyl (C=O) groups excluding carboxylic acids is 1. The first kappa shape index (κ1) is 18.1. The number of ether oxygens (including phenoxy) is 2. The molecular formula is C18H21ClN2O3. The van der Waals surface area contributed by atoms with Gasteiger partial charge in [-0.2, -0.15) is 0 Å². The number of carbonyl (C=O) groups is 1. The first-order chi connectivity index (χ1) is 11.6. The molecule has 5 nitrogen and oxygen atoms in total. The van der Waals surface area contributed by atoms with Crippen LogP contribution >= 0.6 is 11.6 Å². The second-order valence-electron chi connectivity index (χ2n) is 5.20. The number of hydrogen-bond donors (Lipinski definition) is 2. The third-order valence-electron chi connectivity index (χ3n) is 3.31. The van der Waals surface area contributed by atoms with Crippen LogP contribution in [-0.2, 0) is 9.53 Å². The first-order valence-electron chi connectivity index (χ1n) is 7.64. The molecule has 2 aromatic carbocycles. The Kier molecular flexibility index (Phi) is 6.90. The van der Waals surface area contributed by atoms with Crippen LogP contribution in [0.25, 0.3) is 0 Å². The zero-order valence-electron chi connectivity index (χ0n) is 13.7. The highest BCUT2D eigenvalue weighted by Crippen LogP contribution is 2.24. The predicted molar refractivity (Wildman–Crippen MR) is 97.0 cm³/mol. The van der Waals surface area contributed by atoms with Crippen molar-refractivity contribution in [1.29, 1.82) is 0 Å². The molecule has 0 saturated heterocycles. The van der Waals surface area contributed by atoms with Crippen molar-refractivity contribution in [2.24, 2.45) is 0 Å². The van der Waals surface area contributed by atoms with E-state index in [2.05, 4.69) is 10.6 Å². The van der Waals surface area contributed by atoms with Gasteiger partial charge in [0.1, 0.15) is 18.4 Å². The van der Waals surface area contributed by atoms with E-state index in [1.54, 1.807) is 38.3 Å². The van der Waals surface area contributed by atoms with E-state index >= 15 is 0 Å². The minimum atomic E-state index is -0.437. The molecule has 2 N–H and O–H groups in total. The Labute approximate surface area is 146 Å². The van der Waals surface area contributed by atoms with Gasteiger partial charge in [-0.1, -0.05) is 23.7 Å². The average Bonchev–Trinajstić information content (AvgIpc) is 2.58. The highest BCUT2D eigenvalue weighted by molar-refractivity contribution is 6.30. The molecule has 24 heavy (non-hydrogen) atoms. The van der Waals surface area contributed by atoms with Gasteiger partial charge in [0.05, 0.1) is 12.3 Å². The molecule has 0 fully saturated rings. The number of para-hydroxylation sites is 2. The molecule has 1 unspecified atom stereocenters. The Morgan fingerprint density at radius 1 is 1.12 bits per heavy atom. The molecule has 2 aromatic rings. The molecule has 0 aliphatic carbocycles. The van der Waals surface area contributed by atoms with Gasteiger partial charge in [0.2, 0.25) is 5.91 Å². The van der Waals surface area contributed by atoms with Crippen LogP contribution in [0.15, 0.2) is 48.5 Å². The maximum Gasteiger partial charge on any atom is 0.246 e. The summed E-state index contributed by atoms with van der Waals surface area (Å²) in [5.74, 6) is 0.532. The Bertz CT molecular complexity index is 662. The zero-order valence-corrected chi connectivity index (χ0v) is 14.5. The van der Waals surface area contributed by atoms with E-state index in [1.165, 1.54) is 0 Å². The molecule has 6 heteroatoms. The molecule has 2 rings (SSSR count). The van der Waals surface area contributed by atoms with Gasteiger partial charge >= 0.3 is 0 Å². The van der Waals surface area contributed by atoms with Crippen LogP contribution in [-0.4, -0.2) is 32.3 Å². The quantitative estimate of drug-likeness (QED) is 0.712. The van der Waals surface area contributed by atoms with Crippen LogP contribution in [0.5, 0.6) is 5.75 Å². The Morgan fingerprint density at radius 3 is 2.54 bits per heavy atom. The number of hydrogen-bond acceptors (Lipinski definition) is 4. The SMILES string of the molecule is COCCOc1ccccc1NC(C)C(=O)Nc1ccc(Cl)cc1. The maximum atomic E-state index is 12.3. The number of amides is 1. The zero-order chi connectivity index (χ0) is 17.4. The van der Waals surface area contributed by atoms with Crippen molar-refractivity contribution < 1.29 is 14.3 Å². The third kappa shape index (κ3) is 5.44. The maximum absolute atomic E-state index is 12.3. The van der Waals surface area contributed by atoms with Crippen molar-refractivity contribution in [1.82, 2.24) is 0 Å². The van der Waals surface area contributed by atoms with Crippen LogP contribution in [0.1, 0.15) is 6.92 Å². The molecule has 128 valence electrons. The van der Waals surface area contributed by atoms with E-state index in [-0.39, 0.29) is 5.91 Å². The van der Waals surface area contributed by atoms with E-state index < -0.39 is 6.04 Å². The van der Waals surface area contributed by atoms with E-state index in [1.807, 2.05) is 24.3 Å². The van der Waals surface area contributed by atoms with Crippen LogP contribution in [0.3, 0.4) is 0 Å². The summed E-state index contributed by atoms with van der Waals surface area (Å²) in [4.78, 5) is 12.3. The smallest absolute Gasteiger partial charge is 0.246 e. The van der Waals surface area contributed by atoms with Crippen molar-refractivity contribution in [2.75, 3.05) is 31.0 Å². The number of rotatable bonds is 8. The fourth-order valence-corrected chi connectivity index (χ4v) is 2.16. The lowest BCUT2D eigenvalue weighted by Gasteiger charge is -2.18. The summed E-state index contributed by atoms with van der Waals surface area (Å²) in [5.41, 5.74) is 1.45. The van der Waals surface area contributed by atoms with Crippen LogP contribution in [0.2, 0.25) is 5.02 Å². The van der Waals surface area contributed by atoms with Crippen LogP contribution in [0.4, 0.5) is 11.4 Å². The fraction of sp³-hybridized carbons (Fsp3) is 0.278. The number of anilines is 2. The number of benzene rings is 2. The molecular weight excluding hydrogens is 328 g/mol. The van der Waals surface area contributed by atoms with Crippen molar-refractivity contribution >= 4 is 28.9 Å². The topological polar surface area (TPSA) is 59.6 Å². The normalized spacial score (nSPS) is 11.6. The van der Waals surface area contributed by atoms with E-state index in [0.717, 1.165) is 5.69 Å². The number of methoxy groups -OCH3 is 1. The van der Waals surface area contributed by atoms with Gasteiger partial charge in [-0.15, -0.1) is 0 Å². The summed E-state index contributed by atoms with van der Waals surface area (Å²) in [7, 11) is 1.62. The lowest BCUT2D eigenvalue weighted by Crippen LogP contribution is -2.32. The van der Waals surface area contributed by atoms with Gasteiger partial charge in [-0.3, -0.25) is 4.79 Å². The van der Waals surface area contributed by atoms with Crippen molar-refractivity contribution in [3.63, 3.8) is 0 Å². The fourth-order valence-electron chi connectivity index (χ4n) is 2.03. The molecule has 0 radical (unpaired) electrons. The molecule has 0 bridgehead atoms. The predicted octanol–water partition coefficient (Wildman–Crippen LogP) is 3.80. The number of nitrogens with one attached hydrogen (secondary N) is 2. The van der Waals surface area contributed by atoms with E-state index in [4.69, 9.17) is 21.1 Å². The molecule has 1 atom stereocenters. The molecule has 0 heterocycles. The van der Waals surface area contributed by atoms with Crippen molar-refractivity contribution in [3.8, 4) is 5.75 Å². The van der Waals surface area contributed by atoms with Gasteiger partial charge in [-0.05, 0) is 43.3 Å². The van der Waals surface area contributed by atoms with Crippen LogP contribution in [0, 0.1) is 0 Å². The van der Waals surface area contributed by atoms with Gasteiger partial charge in [-0.25, -0.2) is 0 Å². The minimum absolute atomic E-state index is 0.149. The van der Waals surface area contributed by atoms with E-state index in [9.17, 15) is 4.79 Å². The summed E-state index contributed by atoms with van der Waals surface area (Å²) in [5, 5.41) is 6.63. The first-order valence-corrected chi connectivity index (χ1v) is 8.01. The second-order valence-corrected chi connectivity index (χ2v) is 5.64. The minimum Gasteiger partial charge on any atom is -0.489 e.